The van der Waals surface area contributed by atoms with Crippen molar-refractivity contribution in [3.8, 4) is 0 Å². The Hall–Kier alpha value is -1.89. The fourth-order valence-electron chi connectivity index (χ4n) is 2.03. The average molecular weight is 293 g/mol. The third kappa shape index (κ3) is 5.18. The molecule has 1 aliphatic rings. The summed E-state index contributed by atoms with van der Waals surface area (Å²) < 4.78 is 1.52. The van der Waals surface area contributed by atoms with E-state index in [2.05, 4.69) is 15.7 Å². The van der Waals surface area contributed by atoms with Gasteiger partial charge in [0, 0.05) is 18.7 Å². The highest BCUT2D eigenvalue weighted by atomic mass is 16.2. The number of aromatic nitrogens is 2. The number of rotatable bonds is 8. The van der Waals surface area contributed by atoms with Gasteiger partial charge in [0.15, 0.2) is 0 Å². The molecule has 21 heavy (non-hydrogen) atoms. The lowest BCUT2D eigenvalue weighted by Crippen LogP contribution is -2.29. The van der Waals surface area contributed by atoms with Crippen molar-refractivity contribution in [2.75, 3.05) is 11.9 Å². The van der Waals surface area contributed by atoms with Crippen molar-refractivity contribution in [1.29, 1.82) is 0 Å². The molecular formula is C14H23N5O2. The molecule has 1 aromatic rings. The van der Waals surface area contributed by atoms with E-state index >= 15 is 0 Å². The van der Waals surface area contributed by atoms with E-state index in [4.69, 9.17) is 5.73 Å². The maximum absolute atomic E-state index is 11.8. The summed E-state index contributed by atoms with van der Waals surface area (Å²) in [4.78, 5) is 23.5. The molecule has 0 aromatic carbocycles. The fraction of sp³-hybridized carbons (Fsp3) is 0.643. The summed E-state index contributed by atoms with van der Waals surface area (Å²) in [6, 6.07) is 0.342. The van der Waals surface area contributed by atoms with Gasteiger partial charge >= 0.3 is 0 Å². The van der Waals surface area contributed by atoms with Crippen LogP contribution < -0.4 is 16.4 Å². The second kappa shape index (κ2) is 7.21. The van der Waals surface area contributed by atoms with Crippen LogP contribution in [0.25, 0.3) is 0 Å². The smallest absolute Gasteiger partial charge is 0.241 e. The van der Waals surface area contributed by atoms with Gasteiger partial charge in [-0.1, -0.05) is 13.3 Å². The molecule has 116 valence electrons. The molecule has 0 radical (unpaired) electrons. The second-order valence-corrected chi connectivity index (χ2v) is 5.53. The van der Waals surface area contributed by atoms with Crippen molar-refractivity contribution in [3.05, 3.63) is 12.4 Å². The SMILES string of the molecule is CCC(CN)CC(=O)Nc1cnn(CC(=O)NC2CC2)c1. The molecular weight excluding hydrogens is 270 g/mol. The van der Waals surface area contributed by atoms with E-state index in [1.165, 1.54) is 4.68 Å². The Morgan fingerprint density at radius 1 is 1.48 bits per heavy atom. The third-order valence-corrected chi connectivity index (χ3v) is 3.55. The first-order valence-corrected chi connectivity index (χ1v) is 7.42. The van der Waals surface area contributed by atoms with Crippen LogP contribution in [0.3, 0.4) is 0 Å². The van der Waals surface area contributed by atoms with E-state index in [1.807, 2.05) is 6.92 Å². The molecule has 7 heteroatoms. The largest absolute Gasteiger partial charge is 0.352 e. The van der Waals surface area contributed by atoms with Crippen LogP contribution in [0.15, 0.2) is 12.4 Å². The van der Waals surface area contributed by atoms with Crippen molar-refractivity contribution in [3.63, 3.8) is 0 Å². The van der Waals surface area contributed by atoms with E-state index in [1.54, 1.807) is 12.4 Å². The lowest BCUT2D eigenvalue weighted by molar-refractivity contribution is -0.122. The number of hydrogen-bond acceptors (Lipinski definition) is 4. The quantitative estimate of drug-likeness (QED) is 0.648. The monoisotopic (exact) mass is 293 g/mol. The first-order chi connectivity index (χ1) is 10.1. The molecule has 0 saturated heterocycles. The molecule has 2 rings (SSSR count). The topological polar surface area (TPSA) is 102 Å². The Labute approximate surface area is 124 Å². The Morgan fingerprint density at radius 2 is 2.24 bits per heavy atom. The Balaban J connectivity index is 1.78. The normalized spacial score (nSPS) is 15.5. The van der Waals surface area contributed by atoms with Gasteiger partial charge in [0.25, 0.3) is 0 Å². The van der Waals surface area contributed by atoms with Crippen LogP contribution in [0.1, 0.15) is 32.6 Å². The third-order valence-electron chi connectivity index (χ3n) is 3.55. The Bertz CT molecular complexity index is 491. The molecule has 1 fully saturated rings. The lowest BCUT2D eigenvalue weighted by Gasteiger charge is -2.10. The summed E-state index contributed by atoms with van der Waals surface area (Å²) in [5.41, 5.74) is 6.19. The number of nitrogens with zero attached hydrogens (tertiary/aromatic N) is 2. The highest BCUT2D eigenvalue weighted by Crippen LogP contribution is 2.18. The number of hydrogen-bond donors (Lipinski definition) is 3. The molecule has 0 spiro atoms. The van der Waals surface area contributed by atoms with Crippen LogP contribution in [0.2, 0.25) is 0 Å². The van der Waals surface area contributed by atoms with Crippen molar-refractivity contribution in [2.45, 2.75) is 45.2 Å². The van der Waals surface area contributed by atoms with Gasteiger partial charge in [-0.15, -0.1) is 0 Å². The van der Waals surface area contributed by atoms with Gasteiger partial charge < -0.3 is 16.4 Å². The molecule has 4 N–H and O–H groups in total. The number of amides is 2. The molecule has 1 saturated carbocycles. The molecule has 1 heterocycles. The van der Waals surface area contributed by atoms with Gasteiger partial charge in [0.1, 0.15) is 6.54 Å². The number of carbonyl (C=O) groups is 2. The van der Waals surface area contributed by atoms with Crippen LogP contribution in [0, 0.1) is 5.92 Å². The van der Waals surface area contributed by atoms with Crippen molar-refractivity contribution < 1.29 is 9.59 Å². The highest BCUT2D eigenvalue weighted by molar-refractivity contribution is 5.90. The van der Waals surface area contributed by atoms with E-state index in [9.17, 15) is 9.59 Å². The fourth-order valence-corrected chi connectivity index (χ4v) is 2.03. The number of carbonyl (C=O) groups excluding carboxylic acids is 2. The zero-order valence-electron chi connectivity index (χ0n) is 12.3. The zero-order valence-corrected chi connectivity index (χ0v) is 12.3. The second-order valence-electron chi connectivity index (χ2n) is 5.53. The summed E-state index contributed by atoms with van der Waals surface area (Å²) >= 11 is 0. The van der Waals surface area contributed by atoms with Crippen LogP contribution in [-0.4, -0.2) is 34.2 Å². The molecule has 1 aromatic heterocycles. The van der Waals surface area contributed by atoms with Crippen LogP contribution >= 0.6 is 0 Å². The average Bonchev–Trinajstić information content (AvgIpc) is 3.15. The minimum atomic E-state index is -0.0747. The van der Waals surface area contributed by atoms with Crippen molar-refractivity contribution in [1.82, 2.24) is 15.1 Å². The van der Waals surface area contributed by atoms with Gasteiger partial charge in [-0.25, -0.2) is 0 Å². The molecule has 0 bridgehead atoms. The van der Waals surface area contributed by atoms with Crippen molar-refractivity contribution in [2.24, 2.45) is 11.7 Å². The first kappa shape index (κ1) is 15.5. The van der Waals surface area contributed by atoms with Crippen LogP contribution in [0.4, 0.5) is 5.69 Å². The van der Waals surface area contributed by atoms with E-state index in [0.29, 0.717) is 24.7 Å². The highest BCUT2D eigenvalue weighted by Gasteiger charge is 2.23. The molecule has 1 aliphatic carbocycles. The Kier molecular flexibility index (Phi) is 5.32. The Morgan fingerprint density at radius 3 is 2.86 bits per heavy atom. The summed E-state index contributed by atoms with van der Waals surface area (Å²) in [6.45, 7) is 2.69. The minimum Gasteiger partial charge on any atom is -0.352 e. The molecule has 2 amide bonds. The van der Waals surface area contributed by atoms with E-state index < -0.39 is 0 Å². The lowest BCUT2D eigenvalue weighted by atomic mass is 10.0. The standard InChI is InChI=1S/C14H23N5O2/c1-2-10(6-15)5-13(20)18-12-7-16-19(8-12)9-14(21)17-11-3-4-11/h7-8,10-11H,2-6,9,15H2,1H3,(H,17,21)(H,18,20). The summed E-state index contributed by atoms with van der Waals surface area (Å²) in [7, 11) is 0. The van der Waals surface area contributed by atoms with Gasteiger partial charge in [0.2, 0.25) is 11.8 Å². The van der Waals surface area contributed by atoms with Crippen LogP contribution in [-0.2, 0) is 16.1 Å². The first-order valence-electron chi connectivity index (χ1n) is 7.42. The van der Waals surface area contributed by atoms with E-state index in [-0.39, 0.29) is 24.3 Å². The molecule has 0 aliphatic heterocycles. The van der Waals surface area contributed by atoms with Crippen LogP contribution in [0.5, 0.6) is 0 Å². The summed E-state index contributed by atoms with van der Waals surface area (Å²) in [5, 5.41) is 9.74. The predicted octanol–water partition coefficient (Wildman–Crippen LogP) is 0.475. The molecule has 1 atom stereocenters. The zero-order chi connectivity index (χ0) is 15.2. The van der Waals surface area contributed by atoms with Gasteiger partial charge in [-0.2, -0.15) is 5.10 Å². The van der Waals surface area contributed by atoms with Gasteiger partial charge in [-0.05, 0) is 25.3 Å². The molecule has 7 nitrogen and oxygen atoms in total. The predicted molar refractivity (Wildman–Crippen MR) is 79.5 cm³/mol. The van der Waals surface area contributed by atoms with E-state index in [0.717, 1.165) is 19.3 Å². The van der Waals surface area contributed by atoms with Gasteiger partial charge in [-0.3, -0.25) is 14.3 Å². The number of nitrogens with two attached hydrogens (primary N) is 1. The number of nitrogens with one attached hydrogen (secondary N) is 2. The maximum Gasteiger partial charge on any atom is 0.241 e. The number of anilines is 1. The summed E-state index contributed by atoms with van der Waals surface area (Å²) in [6.07, 6.45) is 6.61. The minimum absolute atomic E-state index is 0.0485. The van der Waals surface area contributed by atoms with Gasteiger partial charge in [0.05, 0.1) is 11.9 Å². The van der Waals surface area contributed by atoms with Crippen molar-refractivity contribution >= 4 is 17.5 Å². The molecule has 1 unspecified atom stereocenters. The maximum atomic E-state index is 11.8. The summed E-state index contributed by atoms with van der Waals surface area (Å²) in [5.74, 6) is 0.0753.